The Balaban J connectivity index is 1.75. The molecule has 3 rings (SSSR count). The lowest BCUT2D eigenvalue weighted by atomic mass is 10.2. The van der Waals surface area contributed by atoms with Crippen molar-refractivity contribution >= 4 is 32.5 Å². The highest BCUT2D eigenvalue weighted by atomic mass is 79.9. The van der Waals surface area contributed by atoms with E-state index < -0.39 is 0 Å². The maximum Gasteiger partial charge on any atom is 0.189 e. The van der Waals surface area contributed by atoms with E-state index in [2.05, 4.69) is 25.8 Å². The van der Waals surface area contributed by atoms with Gasteiger partial charge in [0.2, 0.25) is 0 Å². The van der Waals surface area contributed by atoms with Crippen LogP contribution in [0.25, 0.3) is 10.9 Å². The number of nitrogens with one attached hydrogen (secondary N) is 1. The van der Waals surface area contributed by atoms with Gasteiger partial charge in [-0.15, -0.1) is 0 Å². The highest BCUT2D eigenvalue weighted by Crippen LogP contribution is 2.14. The monoisotopic (exact) mass is 342 g/mol. The average Bonchev–Trinajstić information content (AvgIpc) is 2.52. The number of aromatic nitrogens is 1. The number of hydrogen-bond acceptors (Lipinski definition) is 2. The van der Waals surface area contributed by atoms with Crippen LogP contribution in [0.1, 0.15) is 0 Å². The zero-order valence-electron chi connectivity index (χ0n) is 11.4. The molecule has 1 aromatic heterocycles. The second-order valence-electron chi connectivity index (χ2n) is 4.82. The second-order valence-corrected chi connectivity index (χ2v) is 5.74. The fourth-order valence-electron chi connectivity index (χ4n) is 2.34. The van der Waals surface area contributed by atoms with Crippen LogP contribution in [0.4, 0.5) is 5.69 Å². The Labute approximate surface area is 131 Å². The van der Waals surface area contributed by atoms with Gasteiger partial charge in [-0.3, -0.25) is 4.79 Å². The summed E-state index contributed by atoms with van der Waals surface area (Å²) in [4.78, 5) is 11.8. The number of fused-ring (bicyclic) bond motifs is 1. The van der Waals surface area contributed by atoms with Crippen molar-refractivity contribution in [1.29, 1.82) is 0 Å². The smallest absolute Gasteiger partial charge is 0.189 e. The number of anilines is 1. The molecule has 0 radical (unpaired) electrons. The van der Waals surface area contributed by atoms with Crippen molar-refractivity contribution in [2.24, 2.45) is 0 Å². The van der Waals surface area contributed by atoms with Crippen molar-refractivity contribution in [2.75, 3.05) is 11.9 Å². The molecule has 1 heterocycles. The molecule has 0 unspecified atom stereocenters. The largest absolute Gasteiger partial charge is 0.383 e. The highest BCUT2D eigenvalue weighted by Gasteiger charge is 2.01. The Hall–Kier alpha value is -2.07. The first-order valence-corrected chi connectivity index (χ1v) is 7.61. The minimum absolute atomic E-state index is 0.0720. The maximum atomic E-state index is 11.8. The fourth-order valence-corrected chi connectivity index (χ4v) is 2.61. The summed E-state index contributed by atoms with van der Waals surface area (Å²) in [7, 11) is 0. The Kier molecular flexibility index (Phi) is 4.06. The first kappa shape index (κ1) is 13.9. The van der Waals surface area contributed by atoms with Crippen LogP contribution < -0.4 is 10.7 Å². The summed E-state index contributed by atoms with van der Waals surface area (Å²) in [6.45, 7) is 1.60. The first-order chi connectivity index (χ1) is 10.2. The molecule has 0 fully saturated rings. The van der Waals surface area contributed by atoms with Crippen LogP contribution in [0.5, 0.6) is 0 Å². The molecule has 0 saturated heterocycles. The number of halogens is 1. The van der Waals surface area contributed by atoms with E-state index in [1.807, 2.05) is 54.7 Å². The van der Waals surface area contributed by atoms with E-state index in [-0.39, 0.29) is 5.43 Å². The van der Waals surface area contributed by atoms with Gasteiger partial charge in [0.05, 0.1) is 5.52 Å². The van der Waals surface area contributed by atoms with Crippen LogP contribution in [-0.4, -0.2) is 11.1 Å². The van der Waals surface area contributed by atoms with Crippen molar-refractivity contribution in [2.45, 2.75) is 6.54 Å². The van der Waals surface area contributed by atoms with Crippen LogP contribution in [0.15, 0.2) is 70.1 Å². The molecule has 0 aliphatic heterocycles. The lowest BCUT2D eigenvalue weighted by molar-refractivity contribution is 0.749. The number of para-hydroxylation sites is 1. The average molecular weight is 343 g/mol. The molecular weight excluding hydrogens is 328 g/mol. The highest BCUT2D eigenvalue weighted by molar-refractivity contribution is 9.10. The molecule has 0 saturated carbocycles. The Morgan fingerprint density at radius 1 is 1.00 bits per heavy atom. The molecule has 0 aliphatic carbocycles. The topological polar surface area (TPSA) is 34.0 Å². The van der Waals surface area contributed by atoms with Crippen molar-refractivity contribution in [3.05, 3.63) is 75.5 Å². The molecular formula is C17H15BrN2O. The van der Waals surface area contributed by atoms with E-state index in [1.54, 1.807) is 6.07 Å². The molecule has 21 heavy (non-hydrogen) atoms. The summed E-state index contributed by atoms with van der Waals surface area (Å²) in [6.07, 6.45) is 1.86. The molecule has 1 N–H and O–H groups in total. The van der Waals surface area contributed by atoms with Gasteiger partial charge in [0.25, 0.3) is 0 Å². The minimum Gasteiger partial charge on any atom is -0.383 e. The van der Waals surface area contributed by atoms with Crippen LogP contribution in [0, 0.1) is 0 Å². The van der Waals surface area contributed by atoms with E-state index >= 15 is 0 Å². The summed E-state index contributed by atoms with van der Waals surface area (Å²) in [5, 5.41) is 4.15. The van der Waals surface area contributed by atoms with Gasteiger partial charge in [-0.25, -0.2) is 0 Å². The van der Waals surface area contributed by atoms with Gasteiger partial charge in [0.15, 0.2) is 5.43 Å². The molecule has 3 nitrogen and oxygen atoms in total. The van der Waals surface area contributed by atoms with Crippen LogP contribution >= 0.6 is 15.9 Å². The lowest BCUT2D eigenvalue weighted by Gasteiger charge is -2.12. The van der Waals surface area contributed by atoms with Gasteiger partial charge < -0.3 is 9.88 Å². The van der Waals surface area contributed by atoms with E-state index in [9.17, 15) is 4.79 Å². The Morgan fingerprint density at radius 2 is 1.76 bits per heavy atom. The Morgan fingerprint density at radius 3 is 2.57 bits per heavy atom. The SMILES string of the molecule is O=c1ccn(CCNc2ccc(Br)cc2)c2ccccc12. The van der Waals surface area contributed by atoms with Crippen LogP contribution in [-0.2, 0) is 6.54 Å². The quantitative estimate of drug-likeness (QED) is 0.780. The van der Waals surface area contributed by atoms with Gasteiger partial charge in [0, 0.05) is 40.9 Å². The molecule has 3 aromatic rings. The third-order valence-corrected chi connectivity index (χ3v) is 3.94. The lowest BCUT2D eigenvalue weighted by Crippen LogP contribution is -2.13. The molecule has 0 amide bonds. The van der Waals surface area contributed by atoms with Crippen LogP contribution in [0.2, 0.25) is 0 Å². The molecule has 0 spiro atoms. The zero-order valence-corrected chi connectivity index (χ0v) is 13.0. The minimum atomic E-state index is 0.0720. The molecule has 0 bridgehead atoms. The summed E-state index contributed by atoms with van der Waals surface area (Å²) < 4.78 is 3.17. The predicted molar refractivity (Wildman–Crippen MR) is 90.8 cm³/mol. The van der Waals surface area contributed by atoms with Crippen LogP contribution in [0.3, 0.4) is 0 Å². The normalized spacial score (nSPS) is 10.7. The Bertz CT molecular complexity index is 809. The summed E-state index contributed by atoms with van der Waals surface area (Å²) in [5.41, 5.74) is 2.13. The molecule has 0 atom stereocenters. The van der Waals surface area contributed by atoms with Crippen molar-refractivity contribution in [3.63, 3.8) is 0 Å². The third-order valence-electron chi connectivity index (χ3n) is 3.41. The standard InChI is InChI=1S/C17H15BrN2O/c18-13-5-7-14(8-6-13)19-10-12-20-11-9-17(21)15-3-1-2-4-16(15)20/h1-9,11,19H,10,12H2. The zero-order chi connectivity index (χ0) is 14.7. The van der Waals surface area contributed by atoms with Gasteiger partial charge in [-0.1, -0.05) is 28.1 Å². The van der Waals surface area contributed by atoms with Gasteiger partial charge in [-0.2, -0.15) is 0 Å². The van der Waals surface area contributed by atoms with E-state index in [1.165, 1.54) is 0 Å². The van der Waals surface area contributed by atoms with E-state index in [0.29, 0.717) is 0 Å². The van der Waals surface area contributed by atoms with Gasteiger partial charge >= 0.3 is 0 Å². The second kappa shape index (κ2) is 6.14. The number of rotatable bonds is 4. The fraction of sp³-hybridized carbons (Fsp3) is 0.118. The van der Waals surface area contributed by atoms with E-state index in [4.69, 9.17) is 0 Å². The predicted octanol–water partition coefficient (Wildman–Crippen LogP) is 3.88. The first-order valence-electron chi connectivity index (χ1n) is 6.82. The maximum absolute atomic E-state index is 11.8. The molecule has 4 heteroatoms. The number of benzene rings is 2. The summed E-state index contributed by atoms with van der Waals surface area (Å²) >= 11 is 3.42. The number of hydrogen-bond donors (Lipinski definition) is 1. The number of nitrogens with zero attached hydrogens (tertiary/aromatic N) is 1. The molecule has 2 aromatic carbocycles. The molecule has 106 valence electrons. The van der Waals surface area contributed by atoms with Crippen molar-refractivity contribution in [3.8, 4) is 0 Å². The van der Waals surface area contributed by atoms with Gasteiger partial charge in [0.1, 0.15) is 0 Å². The summed E-state index contributed by atoms with van der Waals surface area (Å²) in [5.74, 6) is 0. The molecule has 0 aliphatic rings. The third kappa shape index (κ3) is 3.16. The van der Waals surface area contributed by atoms with E-state index in [0.717, 1.165) is 34.2 Å². The number of pyridine rings is 1. The van der Waals surface area contributed by atoms with Crippen molar-refractivity contribution < 1.29 is 0 Å². The van der Waals surface area contributed by atoms with Crippen molar-refractivity contribution in [1.82, 2.24) is 4.57 Å². The summed E-state index contributed by atoms with van der Waals surface area (Å²) in [6, 6.07) is 17.4. The van der Waals surface area contributed by atoms with Gasteiger partial charge in [-0.05, 0) is 36.4 Å².